The Labute approximate surface area is 130 Å². The van der Waals surface area contributed by atoms with Gasteiger partial charge in [-0.25, -0.2) is 0 Å². The molecule has 1 heterocycles. The van der Waals surface area contributed by atoms with Crippen LogP contribution in [0.25, 0.3) is 0 Å². The van der Waals surface area contributed by atoms with Crippen LogP contribution in [0.1, 0.15) is 32.6 Å². The minimum atomic E-state index is -0.523. The predicted molar refractivity (Wildman–Crippen MR) is 81.6 cm³/mol. The summed E-state index contributed by atoms with van der Waals surface area (Å²) < 4.78 is 17.1. The first-order valence-corrected chi connectivity index (χ1v) is 7.97. The number of nitrogens with one attached hydrogen (secondary N) is 1. The van der Waals surface area contributed by atoms with Crippen molar-refractivity contribution in [2.45, 2.75) is 50.5 Å². The van der Waals surface area contributed by atoms with Crippen molar-refractivity contribution in [3.8, 4) is 5.75 Å². The van der Waals surface area contributed by atoms with Gasteiger partial charge in [0.05, 0.1) is 13.2 Å². The van der Waals surface area contributed by atoms with E-state index in [0.717, 1.165) is 25.7 Å². The van der Waals surface area contributed by atoms with Crippen molar-refractivity contribution in [1.82, 2.24) is 5.32 Å². The molecule has 2 fully saturated rings. The van der Waals surface area contributed by atoms with E-state index >= 15 is 0 Å². The predicted octanol–water partition coefficient (Wildman–Crippen LogP) is 2.26. The van der Waals surface area contributed by atoms with Crippen LogP contribution in [0.5, 0.6) is 5.75 Å². The van der Waals surface area contributed by atoms with Crippen LogP contribution >= 0.6 is 0 Å². The summed E-state index contributed by atoms with van der Waals surface area (Å²) in [6.45, 7) is 3.06. The number of amides is 1. The van der Waals surface area contributed by atoms with E-state index < -0.39 is 11.9 Å². The van der Waals surface area contributed by atoms with Crippen LogP contribution in [-0.4, -0.2) is 37.1 Å². The van der Waals surface area contributed by atoms with Gasteiger partial charge in [-0.15, -0.1) is 0 Å². The molecular weight excluding hydrogens is 282 g/mol. The van der Waals surface area contributed by atoms with Gasteiger partial charge in [0.15, 0.2) is 11.9 Å². The molecule has 1 aliphatic heterocycles. The third-order valence-corrected chi connectivity index (χ3v) is 4.25. The Morgan fingerprint density at radius 1 is 1.32 bits per heavy atom. The Morgan fingerprint density at radius 3 is 2.77 bits per heavy atom. The average Bonchev–Trinajstić information content (AvgIpc) is 2.96. The van der Waals surface area contributed by atoms with Crippen LogP contribution in [0.2, 0.25) is 0 Å². The summed E-state index contributed by atoms with van der Waals surface area (Å²) in [5.41, 5.74) is 0. The number of benzene rings is 1. The van der Waals surface area contributed by atoms with Crippen LogP contribution in [0.3, 0.4) is 0 Å². The van der Waals surface area contributed by atoms with Gasteiger partial charge in [-0.05, 0) is 31.9 Å². The molecule has 2 aliphatic rings. The van der Waals surface area contributed by atoms with Gasteiger partial charge >= 0.3 is 0 Å². The molecule has 0 radical (unpaired) electrons. The summed E-state index contributed by atoms with van der Waals surface area (Å²) in [6, 6.07) is 9.47. The Morgan fingerprint density at radius 2 is 2.05 bits per heavy atom. The number of hydrogen-bond acceptors (Lipinski definition) is 4. The third-order valence-electron chi connectivity index (χ3n) is 4.25. The van der Waals surface area contributed by atoms with Crippen molar-refractivity contribution in [2.24, 2.45) is 0 Å². The summed E-state index contributed by atoms with van der Waals surface area (Å²) in [6.07, 6.45) is 3.06. The molecule has 1 aliphatic carbocycles. The summed E-state index contributed by atoms with van der Waals surface area (Å²) in [5, 5.41) is 3.07. The first-order valence-electron chi connectivity index (χ1n) is 7.97. The van der Waals surface area contributed by atoms with Gasteiger partial charge in [0.2, 0.25) is 0 Å². The summed E-state index contributed by atoms with van der Waals surface area (Å²) in [5.74, 6) is 0.135. The fourth-order valence-electron chi connectivity index (χ4n) is 3.15. The summed E-state index contributed by atoms with van der Waals surface area (Å²) in [7, 11) is 0. The lowest BCUT2D eigenvalue weighted by Crippen LogP contribution is -2.49. The Bertz CT molecular complexity index is 499. The highest BCUT2D eigenvalue weighted by atomic mass is 16.7. The van der Waals surface area contributed by atoms with Gasteiger partial charge in [-0.1, -0.05) is 18.2 Å². The number of rotatable bonds is 4. The van der Waals surface area contributed by atoms with E-state index in [1.54, 1.807) is 6.92 Å². The highest BCUT2D eigenvalue weighted by Gasteiger charge is 2.42. The Hall–Kier alpha value is -1.59. The quantitative estimate of drug-likeness (QED) is 0.927. The molecule has 3 rings (SSSR count). The highest BCUT2D eigenvalue weighted by Crippen LogP contribution is 2.35. The van der Waals surface area contributed by atoms with Gasteiger partial charge in [0, 0.05) is 18.9 Å². The second-order valence-corrected chi connectivity index (χ2v) is 5.98. The third kappa shape index (κ3) is 3.59. The van der Waals surface area contributed by atoms with E-state index in [-0.39, 0.29) is 11.9 Å². The molecule has 0 bridgehead atoms. The second-order valence-electron chi connectivity index (χ2n) is 5.98. The minimum absolute atomic E-state index is 0.0844. The highest BCUT2D eigenvalue weighted by molar-refractivity contribution is 5.81. The van der Waals surface area contributed by atoms with E-state index in [4.69, 9.17) is 14.2 Å². The van der Waals surface area contributed by atoms with Crippen LogP contribution in [0.4, 0.5) is 0 Å². The topological polar surface area (TPSA) is 56.8 Å². The Kier molecular flexibility index (Phi) is 4.64. The van der Waals surface area contributed by atoms with Gasteiger partial charge in [-0.2, -0.15) is 0 Å². The molecule has 5 nitrogen and oxygen atoms in total. The summed E-state index contributed by atoms with van der Waals surface area (Å²) in [4.78, 5) is 12.3. The molecule has 1 amide bonds. The SMILES string of the molecule is C[C@H](Oc1ccccc1)C(=O)N[C@@H]1CCCC2(C1)OCCO2. The van der Waals surface area contributed by atoms with E-state index in [1.165, 1.54) is 0 Å². The number of carbonyl (C=O) groups excluding carboxylic acids is 1. The first kappa shape index (κ1) is 15.3. The smallest absolute Gasteiger partial charge is 0.260 e. The monoisotopic (exact) mass is 305 g/mol. The maximum atomic E-state index is 12.3. The number of hydrogen-bond donors (Lipinski definition) is 1. The van der Waals surface area contributed by atoms with E-state index in [0.29, 0.717) is 19.0 Å². The lowest BCUT2D eigenvalue weighted by atomic mass is 9.89. The van der Waals surface area contributed by atoms with Crippen LogP contribution < -0.4 is 10.1 Å². The molecule has 1 aromatic rings. The average molecular weight is 305 g/mol. The van der Waals surface area contributed by atoms with Crippen molar-refractivity contribution in [3.05, 3.63) is 30.3 Å². The molecule has 2 atom stereocenters. The zero-order chi connectivity index (χ0) is 15.4. The Balaban J connectivity index is 1.52. The van der Waals surface area contributed by atoms with Crippen LogP contribution in [-0.2, 0) is 14.3 Å². The molecule has 1 N–H and O–H groups in total. The largest absolute Gasteiger partial charge is 0.481 e. The number of para-hydroxylation sites is 1. The normalized spacial score (nSPS) is 24.9. The molecule has 1 aromatic carbocycles. The van der Waals surface area contributed by atoms with Crippen molar-refractivity contribution in [1.29, 1.82) is 0 Å². The van der Waals surface area contributed by atoms with Gasteiger partial charge in [0.1, 0.15) is 5.75 Å². The van der Waals surface area contributed by atoms with Crippen molar-refractivity contribution < 1.29 is 19.0 Å². The lowest BCUT2D eigenvalue weighted by Gasteiger charge is -2.36. The maximum Gasteiger partial charge on any atom is 0.260 e. The van der Waals surface area contributed by atoms with E-state index in [9.17, 15) is 4.79 Å². The minimum Gasteiger partial charge on any atom is -0.481 e. The van der Waals surface area contributed by atoms with E-state index in [1.807, 2.05) is 30.3 Å². The van der Waals surface area contributed by atoms with E-state index in [2.05, 4.69) is 5.32 Å². The fraction of sp³-hybridized carbons (Fsp3) is 0.588. The molecule has 0 unspecified atom stereocenters. The summed E-state index contributed by atoms with van der Waals surface area (Å²) >= 11 is 0. The van der Waals surface area contributed by atoms with Crippen molar-refractivity contribution in [3.63, 3.8) is 0 Å². The fourth-order valence-corrected chi connectivity index (χ4v) is 3.15. The maximum absolute atomic E-state index is 12.3. The second kappa shape index (κ2) is 6.67. The number of ether oxygens (including phenoxy) is 3. The van der Waals surface area contributed by atoms with Gasteiger partial charge < -0.3 is 19.5 Å². The first-order chi connectivity index (χ1) is 10.7. The lowest BCUT2D eigenvalue weighted by molar-refractivity contribution is -0.182. The van der Waals surface area contributed by atoms with Crippen molar-refractivity contribution in [2.75, 3.05) is 13.2 Å². The van der Waals surface area contributed by atoms with Crippen LogP contribution in [0, 0.1) is 0 Å². The molecule has 22 heavy (non-hydrogen) atoms. The molecule has 5 heteroatoms. The molecule has 1 saturated carbocycles. The molecule has 1 spiro atoms. The van der Waals surface area contributed by atoms with Crippen LogP contribution in [0.15, 0.2) is 30.3 Å². The van der Waals surface area contributed by atoms with Crippen molar-refractivity contribution >= 4 is 5.91 Å². The van der Waals surface area contributed by atoms with Gasteiger partial charge in [-0.3, -0.25) is 4.79 Å². The molecule has 120 valence electrons. The standard InChI is InChI=1S/C17H23NO4/c1-13(22-15-7-3-2-4-8-15)16(19)18-14-6-5-9-17(12-14)20-10-11-21-17/h2-4,7-8,13-14H,5-6,9-12H2,1H3,(H,18,19)/t13-,14+/m0/s1. The van der Waals surface area contributed by atoms with Gasteiger partial charge in [0.25, 0.3) is 5.91 Å². The zero-order valence-electron chi connectivity index (χ0n) is 12.9. The zero-order valence-corrected chi connectivity index (χ0v) is 12.9. The molecule has 0 aromatic heterocycles. The molecular formula is C17H23NO4. The number of carbonyl (C=O) groups is 1. The molecule has 1 saturated heterocycles.